The van der Waals surface area contributed by atoms with Gasteiger partial charge in [-0.1, -0.05) is 24.3 Å². The number of pyridine rings is 1. The number of aromatic amines is 1. The van der Waals surface area contributed by atoms with E-state index in [0.29, 0.717) is 12.3 Å². The SMILES string of the molecule is C=NCc1ccc(-c2csc(C3C(C)=NC(=O)NC3c3ccc(=O)[nH]c3)n2)cc1. The predicted octanol–water partition coefficient (Wildman–Crippen LogP) is 3.71. The fourth-order valence-electron chi connectivity index (χ4n) is 3.41. The van der Waals surface area contributed by atoms with Gasteiger partial charge in [0, 0.05) is 28.9 Å². The Bertz CT molecular complexity index is 1130. The highest BCUT2D eigenvalue weighted by Crippen LogP contribution is 2.37. The number of carbonyl (C=O) groups is 1. The van der Waals surface area contributed by atoms with Crippen LogP contribution in [0.2, 0.25) is 0 Å². The van der Waals surface area contributed by atoms with Gasteiger partial charge in [0.15, 0.2) is 0 Å². The van der Waals surface area contributed by atoms with Crippen molar-refractivity contribution in [1.82, 2.24) is 15.3 Å². The molecule has 0 saturated heterocycles. The number of nitrogens with one attached hydrogen (secondary N) is 2. The van der Waals surface area contributed by atoms with E-state index < -0.39 is 6.03 Å². The molecule has 0 aliphatic carbocycles. The van der Waals surface area contributed by atoms with E-state index in [1.54, 1.807) is 12.3 Å². The smallest absolute Gasteiger partial charge is 0.329 e. The lowest BCUT2D eigenvalue weighted by molar-refractivity contribution is 0.243. The van der Waals surface area contributed by atoms with Crippen LogP contribution in [-0.4, -0.2) is 28.4 Å². The molecule has 7 nitrogen and oxygen atoms in total. The van der Waals surface area contributed by atoms with Crippen molar-refractivity contribution in [2.45, 2.75) is 25.4 Å². The van der Waals surface area contributed by atoms with Crippen molar-refractivity contribution in [2.75, 3.05) is 0 Å². The summed E-state index contributed by atoms with van der Waals surface area (Å²) in [5, 5.41) is 5.76. The van der Waals surface area contributed by atoms with Crippen molar-refractivity contribution in [2.24, 2.45) is 9.98 Å². The topological polar surface area (TPSA) is 99.6 Å². The number of hydrogen-bond acceptors (Lipinski definition) is 5. The van der Waals surface area contributed by atoms with Crippen LogP contribution >= 0.6 is 11.3 Å². The van der Waals surface area contributed by atoms with Gasteiger partial charge in [-0.25, -0.2) is 14.8 Å². The van der Waals surface area contributed by atoms with Gasteiger partial charge in [-0.15, -0.1) is 11.3 Å². The fraction of sp³-hybridized carbons (Fsp3) is 0.190. The van der Waals surface area contributed by atoms with Crippen LogP contribution in [0.25, 0.3) is 11.3 Å². The fourth-order valence-corrected chi connectivity index (χ4v) is 4.43. The van der Waals surface area contributed by atoms with Gasteiger partial charge >= 0.3 is 6.03 Å². The van der Waals surface area contributed by atoms with E-state index in [1.807, 2.05) is 36.6 Å². The highest BCUT2D eigenvalue weighted by molar-refractivity contribution is 7.10. The second-order valence-electron chi connectivity index (χ2n) is 6.79. The zero-order valence-corrected chi connectivity index (χ0v) is 16.6. The van der Waals surface area contributed by atoms with Gasteiger partial charge in [-0.3, -0.25) is 9.79 Å². The molecule has 2 unspecified atom stereocenters. The molecule has 0 saturated carbocycles. The first kappa shape index (κ1) is 18.9. The highest BCUT2D eigenvalue weighted by Gasteiger charge is 2.35. The monoisotopic (exact) mass is 405 g/mol. The number of carbonyl (C=O) groups excluding carboxylic acids is 1. The second kappa shape index (κ2) is 7.92. The van der Waals surface area contributed by atoms with E-state index in [-0.39, 0.29) is 17.5 Å². The molecule has 0 spiro atoms. The Hall–Kier alpha value is -3.39. The van der Waals surface area contributed by atoms with Crippen LogP contribution in [0.1, 0.15) is 35.0 Å². The summed E-state index contributed by atoms with van der Waals surface area (Å²) in [4.78, 5) is 38.9. The molecule has 2 aromatic heterocycles. The number of thiazole rings is 1. The number of aromatic nitrogens is 2. The molecule has 0 bridgehead atoms. The number of amides is 2. The molecule has 146 valence electrons. The summed E-state index contributed by atoms with van der Waals surface area (Å²) in [7, 11) is 0. The van der Waals surface area contributed by atoms with Crippen LogP contribution in [0.4, 0.5) is 4.79 Å². The van der Waals surface area contributed by atoms with Crippen molar-refractivity contribution in [3.63, 3.8) is 0 Å². The number of H-pyrrole nitrogens is 1. The number of hydrogen-bond donors (Lipinski definition) is 2. The standard InChI is InChI=1S/C21H19N5O2S/c1-12-18(19(26-21(28)24-12)15-7-8-17(27)23-10-15)20-25-16(11-29-20)14-5-3-13(4-6-14)9-22-2/h3-8,10-11,18-19H,2,9H2,1H3,(H,23,27)(H,26,28). The molecule has 1 aliphatic heterocycles. The summed E-state index contributed by atoms with van der Waals surface area (Å²) >= 11 is 1.53. The summed E-state index contributed by atoms with van der Waals surface area (Å²) in [6.07, 6.45) is 1.62. The molecular formula is C21H19N5O2S. The first-order chi connectivity index (χ1) is 14.0. The van der Waals surface area contributed by atoms with Crippen LogP contribution in [0.3, 0.4) is 0 Å². The van der Waals surface area contributed by atoms with Crippen LogP contribution in [0, 0.1) is 0 Å². The second-order valence-corrected chi connectivity index (χ2v) is 7.68. The largest absolute Gasteiger partial charge is 0.341 e. The predicted molar refractivity (Wildman–Crippen MR) is 115 cm³/mol. The third-order valence-electron chi connectivity index (χ3n) is 4.84. The molecule has 4 rings (SSSR count). The number of aliphatic imine (C=N–C) groups is 2. The molecule has 1 aliphatic rings. The third kappa shape index (κ3) is 3.93. The molecule has 1 aromatic carbocycles. The van der Waals surface area contributed by atoms with E-state index in [0.717, 1.165) is 27.4 Å². The lowest BCUT2D eigenvalue weighted by Crippen LogP contribution is -2.38. The van der Waals surface area contributed by atoms with E-state index in [9.17, 15) is 9.59 Å². The molecule has 0 radical (unpaired) electrons. The summed E-state index contributed by atoms with van der Waals surface area (Å²) in [5.41, 5.74) is 4.27. The quantitative estimate of drug-likeness (QED) is 0.633. The average molecular weight is 405 g/mol. The molecule has 29 heavy (non-hydrogen) atoms. The van der Waals surface area contributed by atoms with Crippen molar-refractivity contribution in [3.05, 3.63) is 74.5 Å². The summed E-state index contributed by atoms with van der Waals surface area (Å²) in [6, 6.07) is 10.5. The Morgan fingerprint density at radius 2 is 1.97 bits per heavy atom. The molecule has 3 aromatic rings. The molecule has 3 heterocycles. The summed E-state index contributed by atoms with van der Waals surface area (Å²) in [5.74, 6) is -0.207. The lowest BCUT2D eigenvalue weighted by Gasteiger charge is -2.29. The third-order valence-corrected chi connectivity index (χ3v) is 5.77. The summed E-state index contributed by atoms with van der Waals surface area (Å²) < 4.78 is 0. The Labute approximate surface area is 171 Å². The molecule has 2 atom stereocenters. The van der Waals surface area contributed by atoms with Crippen LogP contribution in [0.5, 0.6) is 0 Å². The molecule has 0 fully saturated rings. The van der Waals surface area contributed by atoms with Gasteiger partial charge in [-0.05, 0) is 30.8 Å². The first-order valence-electron chi connectivity index (χ1n) is 9.06. The van der Waals surface area contributed by atoms with Gasteiger partial charge in [0.05, 0.1) is 24.2 Å². The Morgan fingerprint density at radius 3 is 2.66 bits per heavy atom. The number of urea groups is 1. The number of nitrogens with zero attached hydrogens (tertiary/aromatic N) is 3. The van der Waals surface area contributed by atoms with Crippen LogP contribution < -0.4 is 10.9 Å². The highest BCUT2D eigenvalue weighted by atomic mass is 32.1. The van der Waals surface area contributed by atoms with E-state index in [1.165, 1.54) is 17.4 Å². The first-order valence-corrected chi connectivity index (χ1v) is 9.94. The van der Waals surface area contributed by atoms with Crippen molar-refractivity contribution in [1.29, 1.82) is 0 Å². The normalized spacial score (nSPS) is 18.8. The van der Waals surface area contributed by atoms with Crippen molar-refractivity contribution < 1.29 is 4.79 Å². The number of rotatable bonds is 5. The van der Waals surface area contributed by atoms with Gasteiger partial charge in [0.25, 0.3) is 0 Å². The van der Waals surface area contributed by atoms with Gasteiger partial charge < -0.3 is 10.3 Å². The van der Waals surface area contributed by atoms with Crippen molar-refractivity contribution >= 4 is 29.8 Å². The minimum atomic E-state index is -0.391. The maximum atomic E-state index is 12.0. The van der Waals surface area contributed by atoms with Crippen LogP contribution in [0.15, 0.2) is 62.8 Å². The minimum Gasteiger partial charge on any atom is -0.329 e. The molecule has 8 heteroatoms. The Kier molecular flexibility index (Phi) is 5.18. The van der Waals surface area contributed by atoms with Crippen molar-refractivity contribution in [3.8, 4) is 11.3 Å². The van der Waals surface area contributed by atoms with Gasteiger partial charge in [0.1, 0.15) is 5.01 Å². The maximum Gasteiger partial charge on any atom is 0.341 e. The summed E-state index contributed by atoms with van der Waals surface area (Å²) in [6.45, 7) is 5.94. The van der Waals surface area contributed by atoms with Gasteiger partial charge in [0.2, 0.25) is 5.56 Å². The lowest BCUT2D eigenvalue weighted by atomic mass is 9.89. The molecular weight excluding hydrogens is 386 g/mol. The van der Waals surface area contributed by atoms with E-state index in [2.05, 4.69) is 27.0 Å². The van der Waals surface area contributed by atoms with E-state index >= 15 is 0 Å². The minimum absolute atomic E-state index is 0.190. The average Bonchev–Trinajstić information content (AvgIpc) is 3.18. The van der Waals surface area contributed by atoms with E-state index in [4.69, 9.17) is 4.98 Å². The maximum absolute atomic E-state index is 12.0. The molecule has 2 amide bonds. The zero-order chi connectivity index (χ0) is 20.4. The Balaban J connectivity index is 1.68. The molecule has 2 N–H and O–H groups in total. The Morgan fingerprint density at radius 1 is 1.17 bits per heavy atom. The van der Waals surface area contributed by atoms with Gasteiger partial charge in [-0.2, -0.15) is 0 Å². The van der Waals surface area contributed by atoms with Crippen LogP contribution in [-0.2, 0) is 6.54 Å². The number of benzene rings is 1. The zero-order valence-electron chi connectivity index (χ0n) is 15.8.